The molecule has 4 heteroatoms. The fourth-order valence-corrected chi connectivity index (χ4v) is 2.90. The van der Waals surface area contributed by atoms with E-state index in [2.05, 4.69) is 52.6 Å². The first-order valence-corrected chi connectivity index (χ1v) is 8.44. The van der Waals surface area contributed by atoms with Gasteiger partial charge in [-0.15, -0.1) is 0 Å². The summed E-state index contributed by atoms with van der Waals surface area (Å²) in [5.41, 5.74) is 3.72. The summed E-state index contributed by atoms with van der Waals surface area (Å²) in [6.45, 7) is 1.73. The van der Waals surface area contributed by atoms with Crippen LogP contribution in [0.4, 0.5) is 0 Å². The van der Waals surface area contributed by atoms with Crippen molar-refractivity contribution in [1.29, 1.82) is 0 Å². The highest BCUT2D eigenvalue weighted by Crippen LogP contribution is 2.27. The van der Waals surface area contributed by atoms with Gasteiger partial charge < -0.3 is 19.4 Å². The third kappa shape index (κ3) is 4.22. The highest BCUT2D eigenvalue weighted by atomic mass is 16.5. The third-order valence-electron chi connectivity index (χ3n) is 4.23. The standard InChI is InChI=1S/C21H24N2O2/c1-24-20-10-9-17(15-21(20)25-2)11-12-22-16-18-7-3-4-8-19(18)23-13-5-6-14-23/h3-10,13-15,22H,11-12,16H2,1-2H3. The van der Waals surface area contributed by atoms with Crippen molar-refractivity contribution in [3.8, 4) is 17.2 Å². The molecule has 0 radical (unpaired) electrons. The van der Waals surface area contributed by atoms with Crippen LogP contribution in [-0.2, 0) is 13.0 Å². The minimum Gasteiger partial charge on any atom is -0.493 e. The van der Waals surface area contributed by atoms with Gasteiger partial charge in [-0.05, 0) is 54.4 Å². The lowest BCUT2D eigenvalue weighted by Gasteiger charge is -2.12. The van der Waals surface area contributed by atoms with Crippen molar-refractivity contribution in [1.82, 2.24) is 9.88 Å². The number of methoxy groups -OCH3 is 2. The van der Waals surface area contributed by atoms with Gasteiger partial charge in [-0.3, -0.25) is 0 Å². The first-order chi connectivity index (χ1) is 12.3. The van der Waals surface area contributed by atoms with E-state index in [9.17, 15) is 0 Å². The van der Waals surface area contributed by atoms with Crippen LogP contribution in [0.3, 0.4) is 0 Å². The molecule has 0 amide bonds. The topological polar surface area (TPSA) is 35.4 Å². The minimum atomic E-state index is 0.764. The molecule has 0 aliphatic rings. The lowest BCUT2D eigenvalue weighted by molar-refractivity contribution is 0.354. The van der Waals surface area contributed by atoms with Crippen molar-refractivity contribution in [2.24, 2.45) is 0 Å². The van der Waals surface area contributed by atoms with Gasteiger partial charge in [0.1, 0.15) is 0 Å². The van der Waals surface area contributed by atoms with Crippen molar-refractivity contribution < 1.29 is 9.47 Å². The molecular weight excluding hydrogens is 312 g/mol. The van der Waals surface area contributed by atoms with Gasteiger partial charge >= 0.3 is 0 Å². The maximum absolute atomic E-state index is 5.36. The van der Waals surface area contributed by atoms with Gasteiger partial charge in [0.05, 0.1) is 14.2 Å². The smallest absolute Gasteiger partial charge is 0.160 e. The molecule has 0 spiro atoms. The van der Waals surface area contributed by atoms with Crippen LogP contribution >= 0.6 is 0 Å². The van der Waals surface area contributed by atoms with E-state index >= 15 is 0 Å². The molecule has 1 aromatic heterocycles. The van der Waals surface area contributed by atoms with Gasteiger partial charge in [0.2, 0.25) is 0 Å². The van der Waals surface area contributed by atoms with Crippen LogP contribution in [-0.4, -0.2) is 25.3 Å². The average molecular weight is 336 g/mol. The van der Waals surface area contributed by atoms with Gasteiger partial charge in [0.15, 0.2) is 11.5 Å². The zero-order chi connectivity index (χ0) is 17.5. The van der Waals surface area contributed by atoms with Crippen LogP contribution in [0.1, 0.15) is 11.1 Å². The van der Waals surface area contributed by atoms with E-state index in [0.717, 1.165) is 31.0 Å². The van der Waals surface area contributed by atoms with E-state index in [4.69, 9.17) is 9.47 Å². The van der Waals surface area contributed by atoms with E-state index < -0.39 is 0 Å². The Kier molecular flexibility index (Phi) is 5.75. The second-order valence-electron chi connectivity index (χ2n) is 5.84. The molecule has 1 N–H and O–H groups in total. The zero-order valence-electron chi connectivity index (χ0n) is 14.7. The summed E-state index contributed by atoms with van der Waals surface area (Å²) < 4.78 is 12.8. The largest absolute Gasteiger partial charge is 0.493 e. The molecule has 0 atom stereocenters. The number of nitrogens with one attached hydrogen (secondary N) is 1. The van der Waals surface area contributed by atoms with Crippen LogP contribution < -0.4 is 14.8 Å². The predicted octanol–water partition coefficient (Wildman–Crippen LogP) is 3.83. The number of ether oxygens (including phenoxy) is 2. The Morgan fingerprint density at radius 3 is 2.40 bits per heavy atom. The van der Waals surface area contributed by atoms with E-state index in [1.165, 1.54) is 16.8 Å². The first-order valence-electron chi connectivity index (χ1n) is 8.44. The van der Waals surface area contributed by atoms with E-state index in [0.29, 0.717) is 0 Å². The lowest BCUT2D eigenvalue weighted by Crippen LogP contribution is -2.17. The molecule has 0 bridgehead atoms. The van der Waals surface area contributed by atoms with E-state index in [1.807, 2.05) is 24.3 Å². The van der Waals surface area contributed by atoms with Crippen LogP contribution in [0.15, 0.2) is 67.0 Å². The summed E-state index contributed by atoms with van der Waals surface area (Å²) in [6, 6.07) is 18.6. The molecule has 0 unspecified atom stereocenters. The lowest BCUT2D eigenvalue weighted by atomic mass is 10.1. The molecule has 0 aliphatic carbocycles. The van der Waals surface area contributed by atoms with Gasteiger partial charge in [-0.1, -0.05) is 24.3 Å². The number of hydrogen-bond donors (Lipinski definition) is 1. The second kappa shape index (κ2) is 8.40. The van der Waals surface area contributed by atoms with Crippen LogP contribution in [0.2, 0.25) is 0 Å². The monoisotopic (exact) mass is 336 g/mol. The number of nitrogens with zero attached hydrogens (tertiary/aromatic N) is 1. The normalized spacial score (nSPS) is 10.6. The first kappa shape index (κ1) is 17.1. The van der Waals surface area contributed by atoms with Crippen molar-refractivity contribution in [3.05, 3.63) is 78.1 Å². The van der Waals surface area contributed by atoms with Gasteiger partial charge in [-0.25, -0.2) is 0 Å². The van der Waals surface area contributed by atoms with Gasteiger partial charge in [0.25, 0.3) is 0 Å². The Labute approximate surface area is 149 Å². The molecule has 0 saturated heterocycles. The predicted molar refractivity (Wildman–Crippen MR) is 101 cm³/mol. The summed E-state index contributed by atoms with van der Waals surface area (Å²) in [6.07, 6.45) is 5.08. The van der Waals surface area contributed by atoms with E-state index in [1.54, 1.807) is 14.2 Å². The number of benzene rings is 2. The summed E-state index contributed by atoms with van der Waals surface area (Å²) in [5.74, 6) is 1.54. The molecule has 0 aliphatic heterocycles. The molecule has 25 heavy (non-hydrogen) atoms. The average Bonchev–Trinajstić information content (AvgIpc) is 3.20. The number of aromatic nitrogens is 1. The molecule has 3 rings (SSSR count). The number of rotatable bonds is 8. The molecule has 1 heterocycles. The quantitative estimate of drug-likeness (QED) is 0.635. The van der Waals surface area contributed by atoms with Crippen molar-refractivity contribution in [2.45, 2.75) is 13.0 Å². The Hall–Kier alpha value is -2.72. The van der Waals surface area contributed by atoms with Crippen LogP contribution in [0.5, 0.6) is 11.5 Å². The highest BCUT2D eigenvalue weighted by molar-refractivity contribution is 5.43. The van der Waals surface area contributed by atoms with Crippen molar-refractivity contribution in [3.63, 3.8) is 0 Å². The van der Waals surface area contributed by atoms with E-state index in [-0.39, 0.29) is 0 Å². The molecule has 0 fully saturated rings. The molecule has 2 aromatic carbocycles. The Morgan fingerprint density at radius 1 is 0.880 bits per heavy atom. The fraction of sp³-hybridized carbons (Fsp3) is 0.238. The maximum Gasteiger partial charge on any atom is 0.160 e. The SMILES string of the molecule is COc1ccc(CCNCc2ccccc2-n2cccc2)cc1OC. The molecular formula is C21H24N2O2. The van der Waals surface area contributed by atoms with Crippen LogP contribution in [0.25, 0.3) is 5.69 Å². The van der Waals surface area contributed by atoms with Gasteiger partial charge in [0, 0.05) is 24.6 Å². The summed E-state index contributed by atoms with van der Waals surface area (Å²) in [5, 5.41) is 3.53. The summed E-state index contributed by atoms with van der Waals surface area (Å²) in [7, 11) is 3.32. The maximum atomic E-state index is 5.36. The molecule has 4 nitrogen and oxygen atoms in total. The number of para-hydroxylation sites is 1. The summed E-state index contributed by atoms with van der Waals surface area (Å²) >= 11 is 0. The molecule has 130 valence electrons. The second-order valence-corrected chi connectivity index (χ2v) is 5.84. The van der Waals surface area contributed by atoms with Crippen LogP contribution in [0, 0.1) is 0 Å². The summed E-state index contributed by atoms with van der Waals surface area (Å²) in [4.78, 5) is 0. The molecule has 3 aromatic rings. The zero-order valence-corrected chi connectivity index (χ0v) is 14.7. The fourth-order valence-electron chi connectivity index (χ4n) is 2.90. The number of hydrogen-bond acceptors (Lipinski definition) is 3. The highest BCUT2D eigenvalue weighted by Gasteiger charge is 2.05. The van der Waals surface area contributed by atoms with Crippen molar-refractivity contribution in [2.75, 3.05) is 20.8 Å². The minimum absolute atomic E-state index is 0.764. The van der Waals surface area contributed by atoms with Gasteiger partial charge in [-0.2, -0.15) is 0 Å². The third-order valence-corrected chi connectivity index (χ3v) is 4.23. The Balaban J connectivity index is 1.58. The Morgan fingerprint density at radius 2 is 1.64 bits per heavy atom. The Bertz CT molecular complexity index is 797. The van der Waals surface area contributed by atoms with Crippen molar-refractivity contribution >= 4 is 0 Å². The molecule has 0 saturated carbocycles.